The molecule has 1 aromatic rings. The molecule has 0 unspecified atom stereocenters. The smallest absolute Gasteiger partial charge is 0.325 e. The van der Waals surface area contributed by atoms with E-state index in [9.17, 15) is 24.6 Å². The number of rotatable bonds is 6. The Morgan fingerprint density at radius 2 is 1.60 bits per heavy atom. The molecule has 0 radical (unpaired) electrons. The highest BCUT2D eigenvalue weighted by molar-refractivity contribution is 6.05. The largest absolute Gasteiger partial charge is 0.480 e. The Balaban J connectivity index is 2.38. The Hall–Kier alpha value is -2.17. The average Bonchev–Trinajstić information content (AvgIpc) is 3.23. The third kappa shape index (κ3) is 2.19. The molecular weight excluding hydrogens is 260 g/mol. The molecule has 1 saturated carbocycles. The van der Waals surface area contributed by atoms with E-state index in [1.807, 2.05) is 0 Å². The Kier molecular flexibility index (Phi) is 3.61. The average molecular weight is 276 g/mol. The van der Waals surface area contributed by atoms with Gasteiger partial charge in [0.2, 0.25) is 0 Å². The van der Waals surface area contributed by atoms with E-state index in [1.54, 1.807) is 0 Å². The number of aliphatic carboxylic acids is 2. The molecular formula is C15H16O5. The van der Waals surface area contributed by atoms with Crippen molar-refractivity contribution in [3.8, 4) is 0 Å². The summed E-state index contributed by atoms with van der Waals surface area (Å²) in [7, 11) is 0. The van der Waals surface area contributed by atoms with Crippen LogP contribution in [0.2, 0.25) is 0 Å². The summed E-state index contributed by atoms with van der Waals surface area (Å²) < 4.78 is 0. The minimum Gasteiger partial charge on any atom is -0.480 e. The molecule has 20 heavy (non-hydrogen) atoms. The van der Waals surface area contributed by atoms with Crippen molar-refractivity contribution in [1.29, 1.82) is 0 Å². The Morgan fingerprint density at radius 3 is 1.95 bits per heavy atom. The maximum Gasteiger partial charge on any atom is 0.325 e. The van der Waals surface area contributed by atoms with E-state index in [1.165, 1.54) is 31.2 Å². The fourth-order valence-electron chi connectivity index (χ4n) is 2.35. The molecule has 0 saturated heterocycles. The van der Waals surface area contributed by atoms with Crippen LogP contribution in [-0.2, 0) is 15.0 Å². The Labute approximate surface area is 116 Å². The van der Waals surface area contributed by atoms with Crippen LogP contribution in [0.15, 0.2) is 24.3 Å². The van der Waals surface area contributed by atoms with Crippen molar-refractivity contribution < 1.29 is 24.6 Å². The van der Waals surface area contributed by atoms with Crippen molar-refractivity contribution in [3.63, 3.8) is 0 Å². The van der Waals surface area contributed by atoms with Crippen LogP contribution in [0, 0.1) is 5.92 Å². The Bertz CT molecular complexity index is 540. The van der Waals surface area contributed by atoms with Gasteiger partial charge >= 0.3 is 11.9 Å². The number of Topliss-reactive ketones (excluding diaryl/α,β-unsaturated/α-hetero) is 1. The van der Waals surface area contributed by atoms with Gasteiger partial charge in [0.05, 0.1) is 0 Å². The molecule has 1 fully saturated rings. The molecule has 0 atom stereocenters. The van der Waals surface area contributed by atoms with Gasteiger partial charge in [-0.2, -0.15) is 0 Å². The zero-order valence-electron chi connectivity index (χ0n) is 11.1. The first-order valence-electron chi connectivity index (χ1n) is 6.55. The molecule has 1 aliphatic rings. The second-order valence-electron chi connectivity index (χ2n) is 5.09. The highest BCUT2D eigenvalue weighted by Gasteiger charge is 2.46. The lowest BCUT2D eigenvalue weighted by atomic mass is 9.78. The lowest BCUT2D eigenvalue weighted by Crippen LogP contribution is -2.43. The van der Waals surface area contributed by atoms with Crippen molar-refractivity contribution in [3.05, 3.63) is 35.4 Å². The van der Waals surface area contributed by atoms with Crippen LogP contribution in [0.3, 0.4) is 0 Å². The highest BCUT2D eigenvalue weighted by atomic mass is 16.4. The van der Waals surface area contributed by atoms with E-state index >= 15 is 0 Å². The van der Waals surface area contributed by atoms with Crippen LogP contribution < -0.4 is 0 Å². The van der Waals surface area contributed by atoms with Gasteiger partial charge in [-0.05, 0) is 24.8 Å². The molecule has 106 valence electrons. The van der Waals surface area contributed by atoms with Crippen molar-refractivity contribution in [2.75, 3.05) is 0 Å². The van der Waals surface area contributed by atoms with E-state index in [2.05, 4.69) is 0 Å². The molecule has 0 aromatic heterocycles. The quantitative estimate of drug-likeness (QED) is 0.613. The van der Waals surface area contributed by atoms with Crippen LogP contribution in [-0.4, -0.2) is 27.9 Å². The van der Waals surface area contributed by atoms with Gasteiger partial charge in [0.1, 0.15) is 0 Å². The maximum absolute atomic E-state index is 11.9. The van der Waals surface area contributed by atoms with Crippen molar-refractivity contribution >= 4 is 17.7 Å². The van der Waals surface area contributed by atoms with E-state index in [0.717, 1.165) is 12.8 Å². The van der Waals surface area contributed by atoms with Crippen molar-refractivity contribution in [2.45, 2.75) is 31.6 Å². The van der Waals surface area contributed by atoms with Gasteiger partial charge in [0.15, 0.2) is 11.2 Å². The fourth-order valence-corrected chi connectivity index (χ4v) is 2.35. The molecule has 0 heterocycles. The first-order chi connectivity index (χ1) is 9.43. The summed E-state index contributed by atoms with van der Waals surface area (Å²) in [6.45, 7) is 1.52. The van der Waals surface area contributed by atoms with E-state index < -0.39 is 17.4 Å². The number of carboxylic acid groups (broad SMARTS) is 2. The number of benzene rings is 1. The van der Waals surface area contributed by atoms with Crippen molar-refractivity contribution in [1.82, 2.24) is 0 Å². The molecule has 2 N–H and O–H groups in total. The molecule has 2 rings (SSSR count). The normalized spacial score (nSPS) is 14.8. The number of hydrogen-bond acceptors (Lipinski definition) is 3. The standard InChI is InChI=1S/C15H16O5/c1-2-15(13(17)18,14(19)20)11-7-5-10(6-8-11)12(16)9-3-4-9/h5-9H,2-4H2,1H3,(H,17,18)(H,19,20). The molecule has 0 aliphatic heterocycles. The second kappa shape index (κ2) is 5.07. The van der Waals surface area contributed by atoms with E-state index in [4.69, 9.17) is 0 Å². The van der Waals surface area contributed by atoms with Gasteiger partial charge in [-0.25, -0.2) is 0 Å². The summed E-state index contributed by atoms with van der Waals surface area (Å²) in [5, 5.41) is 18.6. The van der Waals surface area contributed by atoms with Crippen LogP contribution >= 0.6 is 0 Å². The molecule has 1 aromatic carbocycles. The van der Waals surface area contributed by atoms with Gasteiger partial charge in [-0.3, -0.25) is 14.4 Å². The van der Waals surface area contributed by atoms with E-state index in [-0.39, 0.29) is 23.7 Å². The topological polar surface area (TPSA) is 91.7 Å². The SMILES string of the molecule is CCC(C(=O)O)(C(=O)O)c1ccc(C(=O)C2CC2)cc1. The monoisotopic (exact) mass is 276 g/mol. The zero-order chi connectivity index (χ0) is 14.9. The number of carbonyl (C=O) groups is 3. The Morgan fingerprint density at radius 1 is 1.10 bits per heavy atom. The molecule has 5 heteroatoms. The molecule has 1 aliphatic carbocycles. The van der Waals surface area contributed by atoms with Gasteiger partial charge in [-0.1, -0.05) is 31.2 Å². The van der Waals surface area contributed by atoms with Gasteiger partial charge < -0.3 is 10.2 Å². The minimum absolute atomic E-state index is 0.0456. The van der Waals surface area contributed by atoms with E-state index in [0.29, 0.717) is 5.56 Å². The molecule has 0 spiro atoms. The zero-order valence-corrected chi connectivity index (χ0v) is 11.1. The van der Waals surface area contributed by atoms with Crippen LogP contribution in [0.5, 0.6) is 0 Å². The van der Waals surface area contributed by atoms with Crippen LogP contribution in [0.1, 0.15) is 42.1 Å². The first kappa shape index (κ1) is 14.2. The number of carbonyl (C=O) groups excluding carboxylic acids is 1. The lowest BCUT2D eigenvalue weighted by molar-refractivity contribution is -0.157. The summed E-state index contributed by atoms with van der Waals surface area (Å²) >= 11 is 0. The fraction of sp³-hybridized carbons (Fsp3) is 0.400. The van der Waals surface area contributed by atoms with Crippen LogP contribution in [0.4, 0.5) is 0 Å². The third-order valence-electron chi connectivity index (χ3n) is 3.87. The summed E-state index contributed by atoms with van der Waals surface area (Å²) in [6.07, 6.45) is 1.72. The third-order valence-corrected chi connectivity index (χ3v) is 3.87. The first-order valence-corrected chi connectivity index (χ1v) is 6.55. The number of ketones is 1. The lowest BCUT2D eigenvalue weighted by Gasteiger charge is -2.23. The second-order valence-corrected chi connectivity index (χ2v) is 5.09. The summed E-state index contributed by atoms with van der Waals surface area (Å²) in [5.74, 6) is -2.66. The number of carboxylic acids is 2. The predicted octanol–water partition coefficient (Wildman–Crippen LogP) is 2.10. The maximum atomic E-state index is 11.9. The summed E-state index contributed by atoms with van der Waals surface area (Å²) in [4.78, 5) is 34.6. The molecule has 0 bridgehead atoms. The predicted molar refractivity (Wildman–Crippen MR) is 70.7 cm³/mol. The summed E-state index contributed by atoms with van der Waals surface area (Å²) in [5.41, 5.74) is -1.26. The highest BCUT2D eigenvalue weighted by Crippen LogP contribution is 2.34. The van der Waals surface area contributed by atoms with Gasteiger partial charge in [-0.15, -0.1) is 0 Å². The summed E-state index contributed by atoms with van der Waals surface area (Å²) in [6, 6.07) is 5.90. The molecule has 5 nitrogen and oxygen atoms in total. The van der Waals surface area contributed by atoms with Crippen molar-refractivity contribution in [2.24, 2.45) is 5.92 Å². The molecule has 0 amide bonds. The van der Waals surface area contributed by atoms with Gasteiger partial charge in [0.25, 0.3) is 0 Å². The van der Waals surface area contributed by atoms with Gasteiger partial charge in [0, 0.05) is 11.5 Å². The number of hydrogen-bond donors (Lipinski definition) is 2. The van der Waals surface area contributed by atoms with Crippen LogP contribution in [0.25, 0.3) is 0 Å². The minimum atomic E-state index is -1.96.